The maximum absolute atomic E-state index is 16.9. The van der Waals surface area contributed by atoms with Crippen LogP contribution in [-0.4, -0.2) is 118 Å². The van der Waals surface area contributed by atoms with Gasteiger partial charge >= 0.3 is 6.01 Å². The van der Waals surface area contributed by atoms with E-state index in [1.54, 1.807) is 29.3 Å². The molecule has 0 unspecified atom stereocenters. The molecule has 14 heteroatoms. The monoisotopic (exact) mass is 744 g/mol. The molecule has 1 amide bonds. The minimum atomic E-state index is -0.945. The van der Waals surface area contributed by atoms with Gasteiger partial charge < -0.3 is 14.5 Å². The van der Waals surface area contributed by atoms with E-state index in [9.17, 15) is 18.8 Å². The number of carbonyl (C=O) groups excluding carboxylic acids is 1. The van der Waals surface area contributed by atoms with Crippen LogP contribution >= 0.6 is 11.6 Å². The second kappa shape index (κ2) is 14.7. The van der Waals surface area contributed by atoms with Crippen molar-refractivity contribution >= 4 is 45.0 Å². The molecule has 53 heavy (non-hydrogen) atoms. The lowest BCUT2D eigenvalue weighted by atomic mass is 9.95. The Kier molecular flexibility index (Phi) is 9.87. The number of nitriles is 1. The molecule has 0 spiro atoms. The Morgan fingerprint density at radius 1 is 1.08 bits per heavy atom. The van der Waals surface area contributed by atoms with E-state index in [0.29, 0.717) is 72.7 Å². The Hall–Kier alpha value is -4.51. The van der Waals surface area contributed by atoms with E-state index in [2.05, 4.69) is 20.9 Å². The maximum Gasteiger partial charge on any atom is 0.319 e. The van der Waals surface area contributed by atoms with Gasteiger partial charge in [-0.2, -0.15) is 15.2 Å². The topological polar surface area (TPSA) is 102 Å². The van der Waals surface area contributed by atoms with Gasteiger partial charge in [0, 0.05) is 80.5 Å². The third-order valence-corrected chi connectivity index (χ3v) is 11.5. The van der Waals surface area contributed by atoms with Gasteiger partial charge in [0.15, 0.2) is 5.82 Å². The van der Waals surface area contributed by atoms with Crippen molar-refractivity contribution in [2.45, 2.75) is 56.0 Å². The first kappa shape index (κ1) is 35.5. The molecule has 0 saturated carbocycles. The summed E-state index contributed by atoms with van der Waals surface area (Å²) in [5.74, 6) is -0.528. The van der Waals surface area contributed by atoms with Crippen LogP contribution < -0.4 is 9.64 Å². The van der Waals surface area contributed by atoms with Crippen molar-refractivity contribution in [3.8, 4) is 23.3 Å². The number of halogens is 4. The number of anilines is 1. The number of rotatable bonds is 9. The van der Waals surface area contributed by atoms with Crippen LogP contribution in [0.15, 0.2) is 54.7 Å². The molecule has 2 aromatic carbocycles. The summed E-state index contributed by atoms with van der Waals surface area (Å²) < 4.78 is 51.4. The fraction of sp³-hybridized carbons (Fsp3) is 0.462. The molecule has 2 aromatic heterocycles. The molecule has 4 aliphatic heterocycles. The van der Waals surface area contributed by atoms with Gasteiger partial charge in [-0.1, -0.05) is 48.0 Å². The third-order valence-electron chi connectivity index (χ3n) is 11.2. The number of carbonyl (C=O) groups is 1. The Balaban J connectivity index is 1.13. The number of hydrogen-bond acceptors (Lipinski definition) is 9. The summed E-state index contributed by atoms with van der Waals surface area (Å²) in [6.45, 7) is 3.66. The molecule has 0 bridgehead atoms. The number of piperazine rings is 1. The summed E-state index contributed by atoms with van der Waals surface area (Å²) in [5.41, 5.74) is 0.118. The van der Waals surface area contributed by atoms with E-state index in [0.717, 1.165) is 24.8 Å². The molecule has 0 aliphatic carbocycles. The molecule has 0 N–H and O–H groups in total. The van der Waals surface area contributed by atoms with Crippen LogP contribution in [0.2, 0.25) is 5.02 Å². The number of hydrogen-bond donors (Lipinski definition) is 0. The SMILES string of the molecule is N#CC[C@H]1CN(c2nc(OC[C@@]34CCCN3C[C@H](F)C4)nc3c(F)c(-c4cccc5cccc(Cl)c45)ncc23)CCN1C(=O)/C=C/CN1CC[C@H](F)C1. The highest BCUT2D eigenvalue weighted by Crippen LogP contribution is 2.41. The number of nitrogens with zero attached hydrogens (tertiary/aromatic N) is 8. The fourth-order valence-corrected chi connectivity index (χ4v) is 8.91. The quantitative estimate of drug-likeness (QED) is 0.188. The summed E-state index contributed by atoms with van der Waals surface area (Å²) in [7, 11) is 0. The first-order valence-electron chi connectivity index (χ1n) is 18.2. The van der Waals surface area contributed by atoms with Gasteiger partial charge in [0.1, 0.15) is 36.0 Å². The first-order valence-corrected chi connectivity index (χ1v) is 18.6. The smallest absolute Gasteiger partial charge is 0.319 e. The zero-order chi connectivity index (χ0) is 36.7. The molecular formula is C39H40ClF3N8O2. The standard InChI is InChI=1S/C39H40ClF3N8O2/c40-31-8-2-6-25-5-1-7-29(33(25)31)35-34(43)36-30(20-45-35)37(47-38(46-36)53-24-39-12-4-15-50(39)22-27(42)19-39)49-17-18-51(28(23-49)10-13-44)32(52)9-3-14-48-16-11-26(41)21-48/h1-3,5-9,20,26-28H,4,10-12,14-19,21-24H2/b9-3+/t26-,27+,28-,39-/m0/s1. The number of benzene rings is 2. The molecule has 10 nitrogen and oxygen atoms in total. The molecule has 6 heterocycles. The minimum absolute atomic E-state index is 0.00493. The molecule has 276 valence electrons. The van der Waals surface area contributed by atoms with Crippen LogP contribution in [0, 0.1) is 17.1 Å². The van der Waals surface area contributed by atoms with Crippen molar-refractivity contribution in [3.63, 3.8) is 0 Å². The van der Waals surface area contributed by atoms with E-state index in [4.69, 9.17) is 21.3 Å². The van der Waals surface area contributed by atoms with Gasteiger partial charge in [-0.15, -0.1) is 0 Å². The number of fused-ring (bicyclic) bond motifs is 3. The van der Waals surface area contributed by atoms with Crippen LogP contribution in [0.4, 0.5) is 19.0 Å². The number of ether oxygens (including phenoxy) is 1. The lowest BCUT2D eigenvalue weighted by Crippen LogP contribution is -2.55. The largest absolute Gasteiger partial charge is 0.461 e. The summed E-state index contributed by atoms with van der Waals surface area (Å²) in [5, 5.41) is 12.1. The van der Waals surface area contributed by atoms with Crippen molar-refractivity contribution in [2.75, 3.05) is 63.9 Å². The molecule has 4 aromatic rings. The van der Waals surface area contributed by atoms with E-state index in [1.807, 2.05) is 34.1 Å². The highest BCUT2D eigenvalue weighted by Gasteiger charge is 2.49. The number of amides is 1. The van der Waals surface area contributed by atoms with Gasteiger partial charge in [0.2, 0.25) is 5.91 Å². The Labute approximate surface area is 310 Å². The maximum atomic E-state index is 16.9. The van der Waals surface area contributed by atoms with Gasteiger partial charge in [0.05, 0.1) is 29.5 Å². The highest BCUT2D eigenvalue weighted by atomic mass is 35.5. The highest BCUT2D eigenvalue weighted by molar-refractivity contribution is 6.36. The number of pyridine rings is 1. The van der Waals surface area contributed by atoms with Gasteiger partial charge in [-0.05, 0) is 37.3 Å². The summed E-state index contributed by atoms with van der Waals surface area (Å²) in [6, 6.07) is 12.7. The molecule has 4 atom stereocenters. The van der Waals surface area contributed by atoms with Crippen molar-refractivity contribution in [1.29, 1.82) is 5.26 Å². The van der Waals surface area contributed by atoms with Crippen molar-refractivity contribution in [2.24, 2.45) is 0 Å². The number of alkyl halides is 2. The number of aromatic nitrogens is 3. The summed E-state index contributed by atoms with van der Waals surface area (Å²) in [4.78, 5) is 35.0. The molecule has 4 saturated heterocycles. The van der Waals surface area contributed by atoms with E-state index < -0.39 is 29.7 Å². The lowest BCUT2D eigenvalue weighted by molar-refractivity contribution is -0.128. The number of likely N-dealkylation sites (tertiary alicyclic amines) is 1. The molecule has 8 rings (SSSR count). The van der Waals surface area contributed by atoms with Crippen LogP contribution in [0.5, 0.6) is 6.01 Å². The van der Waals surface area contributed by atoms with E-state index in [1.165, 1.54) is 6.08 Å². The Morgan fingerprint density at radius 3 is 2.74 bits per heavy atom. The second-order valence-electron chi connectivity index (χ2n) is 14.6. The zero-order valence-corrected chi connectivity index (χ0v) is 30.0. The molecule has 4 aliphatic rings. The zero-order valence-electron chi connectivity index (χ0n) is 29.2. The predicted octanol–water partition coefficient (Wildman–Crippen LogP) is 6.12. The lowest BCUT2D eigenvalue weighted by Gasteiger charge is -2.41. The Morgan fingerprint density at radius 2 is 1.92 bits per heavy atom. The molecule has 4 fully saturated rings. The van der Waals surface area contributed by atoms with E-state index >= 15 is 4.39 Å². The van der Waals surface area contributed by atoms with Crippen LogP contribution in [0.25, 0.3) is 32.9 Å². The minimum Gasteiger partial charge on any atom is -0.461 e. The first-order chi connectivity index (χ1) is 25.7. The molecular weight excluding hydrogens is 705 g/mol. The predicted molar refractivity (Wildman–Crippen MR) is 197 cm³/mol. The summed E-state index contributed by atoms with van der Waals surface area (Å²) in [6.07, 6.45) is 5.63. The third kappa shape index (κ3) is 6.88. The normalized spacial score (nSPS) is 25.2. The van der Waals surface area contributed by atoms with Crippen molar-refractivity contribution in [3.05, 3.63) is 65.6 Å². The Bertz CT molecular complexity index is 2110. The van der Waals surface area contributed by atoms with Gasteiger partial charge in [-0.25, -0.2) is 13.2 Å². The average molecular weight is 745 g/mol. The van der Waals surface area contributed by atoms with Crippen LogP contribution in [-0.2, 0) is 4.79 Å². The van der Waals surface area contributed by atoms with Crippen molar-refractivity contribution < 1.29 is 22.7 Å². The molecule has 0 radical (unpaired) electrons. The average Bonchev–Trinajstić information content (AvgIpc) is 3.84. The van der Waals surface area contributed by atoms with Gasteiger partial charge in [-0.3, -0.25) is 19.6 Å². The summed E-state index contributed by atoms with van der Waals surface area (Å²) >= 11 is 6.62. The van der Waals surface area contributed by atoms with E-state index in [-0.39, 0.29) is 49.2 Å². The fourth-order valence-electron chi connectivity index (χ4n) is 8.62. The van der Waals surface area contributed by atoms with Crippen molar-refractivity contribution in [1.82, 2.24) is 29.7 Å². The second-order valence-corrected chi connectivity index (χ2v) is 15.0. The van der Waals surface area contributed by atoms with Crippen LogP contribution in [0.1, 0.15) is 32.1 Å². The van der Waals surface area contributed by atoms with Gasteiger partial charge in [0.25, 0.3) is 0 Å². The van der Waals surface area contributed by atoms with Crippen LogP contribution in [0.3, 0.4) is 0 Å².